The standard InChI is InChI=1S/C10H6FNOS/c1-13-8-2-6-4-9(11)14-10(6)7(3-8)5-12/h2-4H,1H3. The summed E-state index contributed by atoms with van der Waals surface area (Å²) in [6.07, 6.45) is 0. The van der Waals surface area contributed by atoms with Crippen LogP contribution in [-0.2, 0) is 0 Å². The van der Waals surface area contributed by atoms with E-state index < -0.39 is 0 Å². The SMILES string of the molecule is COc1cc(C#N)c2sc(F)cc2c1. The Morgan fingerprint density at radius 2 is 2.21 bits per heavy atom. The second-order valence-corrected chi connectivity index (χ2v) is 3.76. The first kappa shape index (κ1) is 8.97. The lowest BCUT2D eigenvalue weighted by molar-refractivity contribution is 0.415. The molecule has 0 aliphatic heterocycles. The molecule has 2 rings (SSSR count). The van der Waals surface area contributed by atoms with Crippen molar-refractivity contribution in [1.82, 2.24) is 0 Å². The Balaban J connectivity index is 2.80. The maximum atomic E-state index is 12.9. The number of hydrogen-bond donors (Lipinski definition) is 0. The number of rotatable bonds is 1. The molecule has 0 saturated heterocycles. The van der Waals surface area contributed by atoms with Gasteiger partial charge in [0.1, 0.15) is 11.8 Å². The summed E-state index contributed by atoms with van der Waals surface area (Å²) in [4.78, 5) is 0. The Labute approximate surface area is 84.2 Å². The molecule has 0 radical (unpaired) electrons. The molecular weight excluding hydrogens is 201 g/mol. The second kappa shape index (κ2) is 3.28. The Morgan fingerprint density at radius 3 is 2.86 bits per heavy atom. The van der Waals surface area contributed by atoms with E-state index in [0.717, 1.165) is 11.3 Å². The predicted octanol–water partition coefficient (Wildman–Crippen LogP) is 2.92. The molecule has 1 heterocycles. The summed E-state index contributed by atoms with van der Waals surface area (Å²) in [7, 11) is 1.52. The van der Waals surface area contributed by atoms with Crippen molar-refractivity contribution in [2.24, 2.45) is 0 Å². The van der Waals surface area contributed by atoms with Crippen LogP contribution in [-0.4, -0.2) is 7.11 Å². The van der Waals surface area contributed by atoms with Crippen molar-refractivity contribution in [3.05, 3.63) is 28.9 Å². The molecule has 0 amide bonds. The maximum Gasteiger partial charge on any atom is 0.177 e. The number of fused-ring (bicyclic) bond motifs is 1. The van der Waals surface area contributed by atoms with Crippen molar-refractivity contribution >= 4 is 21.4 Å². The summed E-state index contributed by atoms with van der Waals surface area (Å²) in [6.45, 7) is 0. The third-order valence-electron chi connectivity index (χ3n) is 1.92. The number of halogens is 1. The van der Waals surface area contributed by atoms with E-state index in [1.54, 1.807) is 12.1 Å². The molecule has 14 heavy (non-hydrogen) atoms. The van der Waals surface area contributed by atoms with Crippen molar-refractivity contribution in [2.75, 3.05) is 7.11 Å². The minimum atomic E-state index is -0.287. The van der Waals surface area contributed by atoms with Crippen molar-refractivity contribution in [2.45, 2.75) is 0 Å². The normalized spacial score (nSPS) is 10.1. The van der Waals surface area contributed by atoms with Crippen LogP contribution < -0.4 is 4.74 Å². The van der Waals surface area contributed by atoms with E-state index >= 15 is 0 Å². The van der Waals surface area contributed by atoms with Gasteiger partial charge in [-0.3, -0.25) is 0 Å². The molecule has 2 nitrogen and oxygen atoms in total. The molecule has 1 aromatic heterocycles. The molecule has 1 aromatic carbocycles. The lowest BCUT2D eigenvalue weighted by Gasteiger charge is -2.00. The summed E-state index contributed by atoms with van der Waals surface area (Å²) in [6, 6.07) is 6.76. The molecule has 2 aromatic rings. The molecule has 0 atom stereocenters. The fraction of sp³-hybridized carbons (Fsp3) is 0.100. The van der Waals surface area contributed by atoms with Crippen LogP contribution in [0.3, 0.4) is 0 Å². The molecule has 0 saturated carbocycles. The topological polar surface area (TPSA) is 33.0 Å². The van der Waals surface area contributed by atoms with Crippen LogP contribution in [0.15, 0.2) is 18.2 Å². The average Bonchev–Trinajstić information content (AvgIpc) is 2.56. The minimum Gasteiger partial charge on any atom is -0.497 e. The lowest BCUT2D eigenvalue weighted by Crippen LogP contribution is -1.83. The number of benzene rings is 1. The quantitative estimate of drug-likeness (QED) is 0.720. The van der Waals surface area contributed by atoms with Gasteiger partial charge in [0.2, 0.25) is 0 Å². The molecule has 0 aliphatic rings. The summed E-state index contributed by atoms with van der Waals surface area (Å²) in [5.41, 5.74) is 0.452. The lowest BCUT2D eigenvalue weighted by atomic mass is 10.2. The largest absolute Gasteiger partial charge is 0.497 e. The van der Waals surface area contributed by atoms with Gasteiger partial charge in [-0.15, -0.1) is 11.3 Å². The summed E-state index contributed by atoms with van der Waals surface area (Å²) >= 11 is 0.978. The number of nitriles is 1. The molecule has 0 N–H and O–H groups in total. The highest BCUT2D eigenvalue weighted by Gasteiger charge is 2.08. The Bertz CT molecular complexity index is 527. The van der Waals surface area contributed by atoms with Crippen molar-refractivity contribution < 1.29 is 9.13 Å². The highest BCUT2D eigenvalue weighted by molar-refractivity contribution is 7.17. The van der Waals surface area contributed by atoms with E-state index in [9.17, 15) is 4.39 Å². The first-order valence-corrected chi connectivity index (χ1v) is 4.73. The van der Waals surface area contributed by atoms with Crippen LogP contribution in [0.5, 0.6) is 5.75 Å². The van der Waals surface area contributed by atoms with E-state index in [0.29, 0.717) is 21.4 Å². The Kier molecular flexibility index (Phi) is 2.10. The van der Waals surface area contributed by atoms with Gasteiger partial charge in [0.15, 0.2) is 5.13 Å². The highest BCUT2D eigenvalue weighted by Crippen LogP contribution is 2.31. The van der Waals surface area contributed by atoms with Gasteiger partial charge < -0.3 is 4.74 Å². The first-order valence-electron chi connectivity index (χ1n) is 3.92. The summed E-state index contributed by atoms with van der Waals surface area (Å²) in [5, 5.41) is 9.27. The van der Waals surface area contributed by atoms with Gasteiger partial charge in [-0.1, -0.05) is 0 Å². The third-order valence-corrected chi connectivity index (χ3v) is 2.89. The maximum absolute atomic E-state index is 12.9. The Hall–Kier alpha value is -1.60. The molecule has 0 unspecified atom stereocenters. The zero-order chi connectivity index (χ0) is 10.1. The highest BCUT2D eigenvalue weighted by atomic mass is 32.1. The molecule has 4 heteroatoms. The molecule has 0 spiro atoms. The first-order chi connectivity index (χ1) is 6.74. The molecule has 0 fully saturated rings. The fourth-order valence-electron chi connectivity index (χ4n) is 1.30. The van der Waals surface area contributed by atoms with Gasteiger partial charge in [0, 0.05) is 5.39 Å². The summed E-state index contributed by atoms with van der Waals surface area (Å²) < 4.78 is 18.6. The molecule has 70 valence electrons. The van der Waals surface area contributed by atoms with Crippen LogP contribution in [0, 0.1) is 16.5 Å². The number of thiophene rings is 1. The van der Waals surface area contributed by atoms with Gasteiger partial charge in [-0.25, -0.2) is 0 Å². The zero-order valence-electron chi connectivity index (χ0n) is 7.37. The smallest absolute Gasteiger partial charge is 0.177 e. The predicted molar refractivity (Wildman–Crippen MR) is 53.1 cm³/mol. The zero-order valence-corrected chi connectivity index (χ0v) is 8.19. The van der Waals surface area contributed by atoms with Crippen LogP contribution in [0.2, 0.25) is 0 Å². The second-order valence-electron chi connectivity index (χ2n) is 2.76. The number of ether oxygens (including phenoxy) is 1. The van der Waals surface area contributed by atoms with Crippen LogP contribution in [0.4, 0.5) is 4.39 Å². The van der Waals surface area contributed by atoms with Gasteiger partial charge >= 0.3 is 0 Å². The van der Waals surface area contributed by atoms with Crippen LogP contribution >= 0.6 is 11.3 Å². The van der Waals surface area contributed by atoms with Gasteiger partial charge in [0.25, 0.3) is 0 Å². The number of methoxy groups -OCH3 is 1. The van der Waals surface area contributed by atoms with Crippen molar-refractivity contribution in [3.63, 3.8) is 0 Å². The summed E-state index contributed by atoms with van der Waals surface area (Å²) in [5.74, 6) is 0.576. The molecular formula is C10H6FNOS. The van der Waals surface area contributed by atoms with E-state index in [4.69, 9.17) is 10.00 Å². The van der Waals surface area contributed by atoms with E-state index in [-0.39, 0.29) is 5.13 Å². The van der Waals surface area contributed by atoms with E-state index in [2.05, 4.69) is 0 Å². The number of hydrogen-bond acceptors (Lipinski definition) is 3. The Morgan fingerprint density at radius 1 is 1.43 bits per heavy atom. The van der Waals surface area contributed by atoms with E-state index in [1.807, 2.05) is 6.07 Å². The third kappa shape index (κ3) is 1.32. The average molecular weight is 207 g/mol. The monoisotopic (exact) mass is 207 g/mol. The van der Waals surface area contributed by atoms with E-state index in [1.165, 1.54) is 13.2 Å². The fourth-order valence-corrected chi connectivity index (χ4v) is 2.13. The van der Waals surface area contributed by atoms with Crippen molar-refractivity contribution in [3.8, 4) is 11.8 Å². The van der Waals surface area contributed by atoms with Crippen molar-refractivity contribution in [1.29, 1.82) is 5.26 Å². The van der Waals surface area contributed by atoms with Crippen LogP contribution in [0.25, 0.3) is 10.1 Å². The van der Waals surface area contributed by atoms with Gasteiger partial charge in [-0.2, -0.15) is 9.65 Å². The van der Waals surface area contributed by atoms with Gasteiger partial charge in [0.05, 0.1) is 17.4 Å². The molecule has 0 aliphatic carbocycles. The van der Waals surface area contributed by atoms with Crippen LogP contribution in [0.1, 0.15) is 5.56 Å². The minimum absolute atomic E-state index is 0.287. The van der Waals surface area contributed by atoms with Gasteiger partial charge in [-0.05, 0) is 18.2 Å². The molecule has 0 bridgehead atoms. The number of nitrogens with zero attached hydrogens (tertiary/aromatic N) is 1.